The van der Waals surface area contributed by atoms with Crippen LogP contribution >= 0.6 is 12.2 Å². The van der Waals surface area contributed by atoms with Crippen molar-refractivity contribution in [3.8, 4) is 11.8 Å². The van der Waals surface area contributed by atoms with E-state index in [1.54, 1.807) is 12.3 Å². The lowest BCUT2D eigenvalue weighted by Gasteiger charge is -2.21. The average Bonchev–Trinajstić information content (AvgIpc) is 2.38. The van der Waals surface area contributed by atoms with Crippen molar-refractivity contribution >= 4 is 17.2 Å². The molecule has 0 amide bonds. The molecule has 0 atom stereocenters. The summed E-state index contributed by atoms with van der Waals surface area (Å²) in [6.45, 7) is 6.38. The van der Waals surface area contributed by atoms with Crippen molar-refractivity contribution in [1.82, 2.24) is 9.97 Å². The van der Waals surface area contributed by atoms with Crippen LogP contribution in [0.3, 0.4) is 0 Å². The van der Waals surface area contributed by atoms with E-state index in [4.69, 9.17) is 22.7 Å². The molecule has 2 rings (SSSR count). The zero-order chi connectivity index (χ0) is 14.8. The van der Waals surface area contributed by atoms with Crippen molar-refractivity contribution in [3.63, 3.8) is 0 Å². The number of nitrogens with zero attached hydrogens (tertiary/aromatic N) is 2. The Kier molecular flexibility index (Phi) is 3.99. The molecule has 0 radical (unpaired) electrons. The van der Waals surface area contributed by atoms with Crippen molar-refractivity contribution in [2.24, 2.45) is 5.73 Å². The SMILES string of the molecule is CC(C)(C)c1ccccc1Oc1nccc(C(N)=S)n1. The molecule has 1 aromatic carbocycles. The molecule has 0 aliphatic carbocycles. The Morgan fingerprint density at radius 2 is 1.90 bits per heavy atom. The molecule has 0 bridgehead atoms. The first-order valence-electron chi connectivity index (χ1n) is 6.28. The molecular weight excluding hydrogens is 270 g/mol. The normalized spacial score (nSPS) is 11.2. The molecule has 0 unspecified atom stereocenters. The van der Waals surface area contributed by atoms with Gasteiger partial charge >= 0.3 is 6.01 Å². The number of thiocarbonyl (C=S) groups is 1. The summed E-state index contributed by atoms with van der Waals surface area (Å²) in [7, 11) is 0. The lowest BCUT2D eigenvalue weighted by Crippen LogP contribution is -2.14. The summed E-state index contributed by atoms with van der Waals surface area (Å²) in [6, 6.07) is 9.74. The van der Waals surface area contributed by atoms with E-state index >= 15 is 0 Å². The van der Waals surface area contributed by atoms with Crippen molar-refractivity contribution in [2.75, 3.05) is 0 Å². The number of nitrogens with two attached hydrogens (primary N) is 1. The predicted octanol–water partition coefficient (Wildman–Crippen LogP) is 3.20. The Morgan fingerprint density at radius 3 is 2.55 bits per heavy atom. The largest absolute Gasteiger partial charge is 0.424 e. The molecular formula is C15H17N3OS. The molecule has 0 spiro atoms. The highest BCUT2D eigenvalue weighted by atomic mass is 32.1. The predicted molar refractivity (Wildman–Crippen MR) is 83.1 cm³/mol. The first-order chi connectivity index (χ1) is 9.38. The molecule has 2 aromatic rings. The third-order valence-electron chi connectivity index (χ3n) is 2.78. The van der Waals surface area contributed by atoms with Crippen molar-refractivity contribution in [2.45, 2.75) is 26.2 Å². The van der Waals surface area contributed by atoms with Crippen molar-refractivity contribution in [3.05, 3.63) is 47.8 Å². The molecule has 2 N–H and O–H groups in total. The molecule has 1 heterocycles. The molecule has 20 heavy (non-hydrogen) atoms. The Morgan fingerprint density at radius 1 is 1.20 bits per heavy atom. The van der Waals surface area contributed by atoms with E-state index < -0.39 is 0 Å². The van der Waals surface area contributed by atoms with Gasteiger partial charge in [-0.25, -0.2) is 4.98 Å². The third-order valence-corrected chi connectivity index (χ3v) is 2.99. The maximum absolute atomic E-state index is 5.79. The molecule has 0 aliphatic heterocycles. The summed E-state index contributed by atoms with van der Waals surface area (Å²) >= 11 is 4.90. The van der Waals surface area contributed by atoms with E-state index in [0.29, 0.717) is 5.69 Å². The molecule has 0 saturated carbocycles. The average molecular weight is 287 g/mol. The lowest BCUT2D eigenvalue weighted by molar-refractivity contribution is 0.422. The third kappa shape index (κ3) is 3.30. The van der Waals surface area contributed by atoms with Gasteiger partial charge in [0, 0.05) is 11.8 Å². The van der Waals surface area contributed by atoms with E-state index in [1.165, 1.54) is 0 Å². The molecule has 5 heteroatoms. The summed E-state index contributed by atoms with van der Waals surface area (Å²) in [5.74, 6) is 0.736. The van der Waals surface area contributed by atoms with Crippen LogP contribution in [-0.2, 0) is 5.41 Å². The minimum atomic E-state index is -0.0304. The van der Waals surface area contributed by atoms with Gasteiger partial charge in [-0.15, -0.1) is 0 Å². The number of para-hydroxylation sites is 1. The molecule has 104 valence electrons. The summed E-state index contributed by atoms with van der Waals surface area (Å²) < 4.78 is 5.79. The molecule has 0 aliphatic rings. The molecule has 0 saturated heterocycles. The second-order valence-electron chi connectivity index (χ2n) is 5.44. The minimum Gasteiger partial charge on any atom is -0.424 e. The zero-order valence-corrected chi connectivity index (χ0v) is 12.6. The fraction of sp³-hybridized carbons (Fsp3) is 0.267. The van der Waals surface area contributed by atoms with Gasteiger partial charge < -0.3 is 10.5 Å². The van der Waals surface area contributed by atoms with Gasteiger partial charge in [0.2, 0.25) is 0 Å². The van der Waals surface area contributed by atoms with Gasteiger partial charge in [0.15, 0.2) is 0 Å². The number of hydrogen-bond donors (Lipinski definition) is 1. The smallest absolute Gasteiger partial charge is 0.322 e. The van der Waals surface area contributed by atoms with Crippen LogP contribution < -0.4 is 10.5 Å². The van der Waals surface area contributed by atoms with Crippen LogP contribution in [0.2, 0.25) is 0 Å². The summed E-state index contributed by atoms with van der Waals surface area (Å²) in [5.41, 5.74) is 7.12. The Bertz CT molecular complexity index is 635. The number of ether oxygens (including phenoxy) is 1. The molecule has 0 fully saturated rings. The number of hydrogen-bond acceptors (Lipinski definition) is 4. The van der Waals surface area contributed by atoms with E-state index in [0.717, 1.165) is 11.3 Å². The number of rotatable bonds is 3. The van der Waals surface area contributed by atoms with E-state index in [1.807, 2.05) is 24.3 Å². The van der Waals surface area contributed by atoms with Crippen molar-refractivity contribution < 1.29 is 4.74 Å². The van der Waals surface area contributed by atoms with E-state index in [-0.39, 0.29) is 16.4 Å². The lowest BCUT2D eigenvalue weighted by atomic mass is 9.86. The van der Waals surface area contributed by atoms with Crippen molar-refractivity contribution in [1.29, 1.82) is 0 Å². The topological polar surface area (TPSA) is 61.0 Å². The monoisotopic (exact) mass is 287 g/mol. The van der Waals surface area contributed by atoms with Gasteiger partial charge in [-0.2, -0.15) is 4.98 Å². The maximum atomic E-state index is 5.79. The van der Waals surface area contributed by atoms with Crippen LogP contribution in [0, 0.1) is 0 Å². The van der Waals surface area contributed by atoms with Crippen LogP contribution in [0.5, 0.6) is 11.8 Å². The first kappa shape index (κ1) is 14.4. The summed E-state index contributed by atoms with van der Waals surface area (Å²) in [5, 5.41) is 0. The Balaban J connectivity index is 2.36. The summed E-state index contributed by atoms with van der Waals surface area (Å²) in [6.07, 6.45) is 1.58. The first-order valence-corrected chi connectivity index (χ1v) is 6.69. The van der Waals surface area contributed by atoms with E-state index in [2.05, 4.69) is 30.7 Å². The Hall–Kier alpha value is -2.01. The maximum Gasteiger partial charge on any atom is 0.322 e. The molecule has 4 nitrogen and oxygen atoms in total. The minimum absolute atomic E-state index is 0.0304. The highest BCUT2D eigenvalue weighted by Crippen LogP contribution is 2.32. The van der Waals surface area contributed by atoms with Crippen LogP contribution in [-0.4, -0.2) is 15.0 Å². The van der Waals surface area contributed by atoms with Gasteiger partial charge in [0.1, 0.15) is 16.4 Å². The second-order valence-corrected chi connectivity index (χ2v) is 5.88. The fourth-order valence-electron chi connectivity index (χ4n) is 1.80. The van der Waals surface area contributed by atoms with Gasteiger partial charge in [-0.05, 0) is 17.5 Å². The van der Waals surface area contributed by atoms with Gasteiger partial charge in [0.25, 0.3) is 0 Å². The van der Waals surface area contributed by atoms with Crippen LogP contribution in [0.4, 0.5) is 0 Å². The molecule has 1 aromatic heterocycles. The van der Waals surface area contributed by atoms with E-state index in [9.17, 15) is 0 Å². The van der Waals surface area contributed by atoms with Crippen LogP contribution in [0.25, 0.3) is 0 Å². The standard InChI is InChI=1S/C15H17N3OS/c1-15(2,3)10-6-4-5-7-12(10)19-14-17-9-8-11(18-14)13(16)20/h4-9H,1-3H3,(H2,16,20). The quantitative estimate of drug-likeness (QED) is 0.878. The second kappa shape index (κ2) is 5.54. The van der Waals surface area contributed by atoms with Gasteiger partial charge in [-0.3, -0.25) is 0 Å². The highest BCUT2D eigenvalue weighted by Gasteiger charge is 2.19. The zero-order valence-electron chi connectivity index (χ0n) is 11.8. The highest BCUT2D eigenvalue weighted by molar-refractivity contribution is 7.80. The number of benzene rings is 1. The number of aromatic nitrogens is 2. The Labute approximate surface area is 124 Å². The van der Waals surface area contributed by atoms with Gasteiger partial charge in [0.05, 0.1) is 0 Å². The van der Waals surface area contributed by atoms with Crippen LogP contribution in [0.1, 0.15) is 32.0 Å². The fourth-order valence-corrected chi connectivity index (χ4v) is 1.91. The van der Waals surface area contributed by atoms with Gasteiger partial charge in [-0.1, -0.05) is 51.2 Å². The summed E-state index contributed by atoms with van der Waals surface area (Å²) in [4.78, 5) is 8.51. The van der Waals surface area contributed by atoms with Crippen LogP contribution in [0.15, 0.2) is 36.5 Å².